The van der Waals surface area contributed by atoms with Crippen molar-refractivity contribution in [3.63, 3.8) is 0 Å². The average molecular weight is 164 g/mol. The van der Waals surface area contributed by atoms with Crippen LogP contribution in [0.15, 0.2) is 24.3 Å². The normalized spacial score (nSPS) is 33.4. The number of allylic oxidation sites excluding steroid dienone is 3. The average Bonchev–Trinajstić information content (AvgIpc) is 2.01. The number of hydrogen-bond donors (Lipinski definition) is 0. The van der Waals surface area contributed by atoms with Crippen LogP contribution < -0.4 is 0 Å². The molecule has 1 rings (SSSR count). The van der Waals surface area contributed by atoms with E-state index in [0.29, 0.717) is 5.92 Å². The Hall–Kier alpha value is -0.850. The van der Waals surface area contributed by atoms with Crippen LogP contribution in [0.1, 0.15) is 20.8 Å². The summed E-state index contributed by atoms with van der Waals surface area (Å²) in [6, 6.07) is 0. The molecule has 1 aliphatic carbocycles. The Morgan fingerprint density at radius 2 is 2.17 bits per heavy atom. The number of carbonyl (C=O) groups excluding carboxylic acids is 1. The van der Waals surface area contributed by atoms with Gasteiger partial charge in [0.2, 0.25) is 0 Å². The smallest absolute Gasteiger partial charge is 0.130 e. The van der Waals surface area contributed by atoms with E-state index in [1.807, 2.05) is 6.08 Å². The molecular weight excluding hydrogens is 148 g/mol. The van der Waals surface area contributed by atoms with E-state index < -0.39 is 0 Å². The molecule has 2 unspecified atom stereocenters. The Kier molecular flexibility index (Phi) is 2.22. The molecular formula is C11H16O. The molecule has 0 radical (unpaired) electrons. The summed E-state index contributed by atoms with van der Waals surface area (Å²) in [6.45, 7) is 10.4. The van der Waals surface area contributed by atoms with Crippen molar-refractivity contribution < 1.29 is 4.79 Å². The Morgan fingerprint density at radius 3 is 2.67 bits per heavy atom. The van der Waals surface area contributed by atoms with E-state index in [0.717, 1.165) is 11.9 Å². The minimum atomic E-state index is -0.0620. The van der Waals surface area contributed by atoms with Crippen molar-refractivity contribution in [3.8, 4) is 0 Å². The Labute approximate surface area is 74.2 Å². The summed E-state index contributed by atoms with van der Waals surface area (Å²) in [4.78, 5) is 10.6. The molecule has 0 aromatic carbocycles. The van der Waals surface area contributed by atoms with Gasteiger partial charge in [-0.05, 0) is 11.3 Å². The van der Waals surface area contributed by atoms with Crippen LogP contribution in [0.2, 0.25) is 0 Å². The molecule has 1 aliphatic rings. The number of rotatable bonds is 1. The van der Waals surface area contributed by atoms with Crippen LogP contribution in [0.25, 0.3) is 0 Å². The third-order valence-corrected chi connectivity index (χ3v) is 2.98. The maximum atomic E-state index is 10.6. The highest BCUT2D eigenvalue weighted by molar-refractivity contribution is 5.63. The minimum Gasteiger partial charge on any atom is -0.302 e. The Balaban J connectivity index is 2.98. The standard InChI is InChI=1S/C11H16O/c1-8-9(2)11(3,4)6-5-10(8)7-12/h5-7,9-10H,1H2,2-4H3. The second-order valence-corrected chi connectivity index (χ2v) is 4.14. The number of carbonyl (C=O) groups is 1. The van der Waals surface area contributed by atoms with Gasteiger partial charge in [0.05, 0.1) is 5.92 Å². The lowest BCUT2D eigenvalue weighted by Gasteiger charge is -2.35. The van der Waals surface area contributed by atoms with Gasteiger partial charge in [0.1, 0.15) is 6.29 Å². The first-order valence-corrected chi connectivity index (χ1v) is 4.32. The Morgan fingerprint density at radius 1 is 1.58 bits per heavy atom. The third kappa shape index (κ3) is 1.36. The second kappa shape index (κ2) is 2.89. The van der Waals surface area contributed by atoms with E-state index in [4.69, 9.17) is 0 Å². The van der Waals surface area contributed by atoms with Crippen molar-refractivity contribution in [3.05, 3.63) is 24.3 Å². The summed E-state index contributed by atoms with van der Waals surface area (Å²) in [5, 5.41) is 0. The van der Waals surface area contributed by atoms with Crippen molar-refractivity contribution in [2.75, 3.05) is 0 Å². The minimum absolute atomic E-state index is 0.0620. The van der Waals surface area contributed by atoms with Gasteiger partial charge in [0.25, 0.3) is 0 Å². The van der Waals surface area contributed by atoms with E-state index in [9.17, 15) is 4.79 Å². The molecule has 0 saturated heterocycles. The fourth-order valence-electron chi connectivity index (χ4n) is 1.52. The summed E-state index contributed by atoms with van der Waals surface area (Å²) >= 11 is 0. The van der Waals surface area contributed by atoms with Crippen LogP contribution in [0.3, 0.4) is 0 Å². The molecule has 0 bridgehead atoms. The maximum Gasteiger partial charge on any atom is 0.130 e. The molecule has 0 spiro atoms. The zero-order valence-corrected chi connectivity index (χ0v) is 8.00. The fourth-order valence-corrected chi connectivity index (χ4v) is 1.52. The lowest BCUT2D eigenvalue weighted by atomic mass is 9.69. The van der Waals surface area contributed by atoms with Crippen LogP contribution in [0, 0.1) is 17.3 Å². The molecule has 2 atom stereocenters. The highest BCUT2D eigenvalue weighted by Crippen LogP contribution is 2.39. The van der Waals surface area contributed by atoms with Crippen molar-refractivity contribution in [2.24, 2.45) is 17.3 Å². The molecule has 0 fully saturated rings. The lowest BCUT2D eigenvalue weighted by molar-refractivity contribution is -0.109. The fraction of sp³-hybridized carbons (Fsp3) is 0.545. The summed E-state index contributed by atoms with van der Waals surface area (Å²) in [5.41, 5.74) is 1.19. The van der Waals surface area contributed by atoms with Gasteiger partial charge in [-0.1, -0.05) is 45.1 Å². The van der Waals surface area contributed by atoms with Gasteiger partial charge in [-0.3, -0.25) is 0 Å². The Bertz CT molecular complexity index is 235. The van der Waals surface area contributed by atoms with E-state index in [2.05, 4.69) is 33.4 Å². The van der Waals surface area contributed by atoms with E-state index >= 15 is 0 Å². The summed E-state index contributed by atoms with van der Waals surface area (Å²) in [7, 11) is 0. The molecule has 1 nitrogen and oxygen atoms in total. The van der Waals surface area contributed by atoms with Crippen molar-refractivity contribution in [2.45, 2.75) is 20.8 Å². The predicted octanol–water partition coefficient (Wildman–Crippen LogP) is 2.59. The zero-order chi connectivity index (χ0) is 9.35. The summed E-state index contributed by atoms with van der Waals surface area (Å²) in [5.74, 6) is 0.325. The predicted molar refractivity (Wildman–Crippen MR) is 50.8 cm³/mol. The van der Waals surface area contributed by atoms with Gasteiger partial charge in [-0.2, -0.15) is 0 Å². The van der Waals surface area contributed by atoms with Gasteiger partial charge >= 0.3 is 0 Å². The second-order valence-electron chi connectivity index (χ2n) is 4.14. The third-order valence-electron chi connectivity index (χ3n) is 2.98. The SMILES string of the molecule is C=C1C(C=O)C=CC(C)(C)C1C. The molecule has 12 heavy (non-hydrogen) atoms. The molecule has 0 aromatic rings. The maximum absolute atomic E-state index is 10.6. The molecule has 0 aromatic heterocycles. The van der Waals surface area contributed by atoms with Gasteiger partial charge in [0.15, 0.2) is 0 Å². The lowest BCUT2D eigenvalue weighted by Crippen LogP contribution is -2.28. The van der Waals surface area contributed by atoms with Crippen LogP contribution in [-0.4, -0.2) is 6.29 Å². The first-order valence-electron chi connectivity index (χ1n) is 4.32. The molecule has 0 saturated carbocycles. The molecule has 0 aliphatic heterocycles. The highest BCUT2D eigenvalue weighted by Gasteiger charge is 2.31. The van der Waals surface area contributed by atoms with Gasteiger partial charge in [-0.15, -0.1) is 0 Å². The van der Waals surface area contributed by atoms with Gasteiger partial charge < -0.3 is 4.79 Å². The van der Waals surface area contributed by atoms with Crippen molar-refractivity contribution in [1.82, 2.24) is 0 Å². The first kappa shape index (κ1) is 9.24. The van der Waals surface area contributed by atoms with Crippen LogP contribution in [0.5, 0.6) is 0 Å². The molecule has 0 heterocycles. The van der Waals surface area contributed by atoms with E-state index in [-0.39, 0.29) is 11.3 Å². The summed E-state index contributed by atoms with van der Waals surface area (Å²) < 4.78 is 0. The largest absolute Gasteiger partial charge is 0.302 e. The molecule has 0 amide bonds. The van der Waals surface area contributed by atoms with E-state index in [1.165, 1.54) is 0 Å². The van der Waals surface area contributed by atoms with Gasteiger partial charge in [-0.25, -0.2) is 0 Å². The highest BCUT2D eigenvalue weighted by atomic mass is 16.1. The molecule has 1 heteroatoms. The van der Waals surface area contributed by atoms with Gasteiger partial charge in [0, 0.05) is 0 Å². The quantitative estimate of drug-likeness (QED) is 0.430. The van der Waals surface area contributed by atoms with Crippen LogP contribution >= 0.6 is 0 Å². The topological polar surface area (TPSA) is 17.1 Å². The van der Waals surface area contributed by atoms with E-state index in [1.54, 1.807) is 0 Å². The monoisotopic (exact) mass is 164 g/mol. The molecule has 0 N–H and O–H groups in total. The van der Waals surface area contributed by atoms with Crippen LogP contribution in [0.4, 0.5) is 0 Å². The molecule has 66 valence electrons. The number of aldehydes is 1. The van der Waals surface area contributed by atoms with Crippen molar-refractivity contribution in [1.29, 1.82) is 0 Å². The summed E-state index contributed by atoms with van der Waals surface area (Å²) in [6.07, 6.45) is 5.03. The van der Waals surface area contributed by atoms with Crippen LogP contribution in [-0.2, 0) is 4.79 Å². The zero-order valence-electron chi connectivity index (χ0n) is 8.00. The number of hydrogen-bond acceptors (Lipinski definition) is 1. The van der Waals surface area contributed by atoms with Crippen molar-refractivity contribution >= 4 is 6.29 Å². The first-order chi connectivity index (χ1) is 5.49.